The quantitative estimate of drug-likeness (QED) is 0.872. The van der Waals surface area contributed by atoms with Crippen LogP contribution in [0.25, 0.3) is 0 Å². The fourth-order valence-corrected chi connectivity index (χ4v) is 4.05. The Labute approximate surface area is 133 Å². The molecule has 2 bridgehead atoms. The van der Waals surface area contributed by atoms with Crippen molar-refractivity contribution >= 4 is 24.0 Å². The van der Waals surface area contributed by atoms with Gasteiger partial charge in [-0.1, -0.05) is 24.6 Å². The summed E-state index contributed by atoms with van der Waals surface area (Å²) in [6.07, 6.45) is 6.09. The predicted molar refractivity (Wildman–Crippen MR) is 88.6 cm³/mol. The molecule has 0 heterocycles. The van der Waals surface area contributed by atoms with Gasteiger partial charge in [0.25, 0.3) is 0 Å². The predicted octanol–water partition coefficient (Wildman–Crippen LogP) is 3.59. The maximum atomic E-state index is 12.3. The fourth-order valence-electron chi connectivity index (χ4n) is 4.05. The third-order valence-electron chi connectivity index (χ3n) is 4.99. The third-order valence-corrected chi connectivity index (χ3v) is 4.99. The standard InChI is InChI=1S/C17H24N2O.ClH/c1-18-11-14-4-2-3-5-16(14)19-17(20)10-15-9-12-6-7-13(15)8-12;/h2-5,12-13,15,18H,6-11H2,1H3,(H,19,20);1H. The Bertz CT molecular complexity index is 491. The third kappa shape index (κ3) is 3.78. The summed E-state index contributed by atoms with van der Waals surface area (Å²) in [5.74, 6) is 2.55. The zero-order valence-corrected chi connectivity index (χ0v) is 13.4. The van der Waals surface area contributed by atoms with Crippen molar-refractivity contribution in [2.45, 2.75) is 38.6 Å². The number of hydrogen-bond donors (Lipinski definition) is 2. The van der Waals surface area contributed by atoms with Gasteiger partial charge < -0.3 is 10.6 Å². The van der Waals surface area contributed by atoms with Gasteiger partial charge in [-0.25, -0.2) is 0 Å². The molecule has 116 valence electrons. The molecule has 0 aliphatic heterocycles. The molecule has 1 aromatic carbocycles. The number of carbonyl (C=O) groups is 1. The number of para-hydroxylation sites is 1. The Hall–Kier alpha value is -1.06. The van der Waals surface area contributed by atoms with E-state index in [1.54, 1.807) is 0 Å². The highest BCUT2D eigenvalue weighted by Gasteiger charge is 2.40. The van der Waals surface area contributed by atoms with E-state index in [9.17, 15) is 4.79 Å². The van der Waals surface area contributed by atoms with E-state index >= 15 is 0 Å². The van der Waals surface area contributed by atoms with Crippen LogP contribution in [0.15, 0.2) is 24.3 Å². The second-order valence-corrected chi connectivity index (χ2v) is 6.37. The van der Waals surface area contributed by atoms with Crippen LogP contribution in [0.1, 0.15) is 37.7 Å². The molecule has 2 aliphatic carbocycles. The smallest absolute Gasteiger partial charge is 0.224 e. The van der Waals surface area contributed by atoms with Gasteiger partial charge in [-0.2, -0.15) is 0 Å². The van der Waals surface area contributed by atoms with Gasteiger partial charge in [0.1, 0.15) is 0 Å². The summed E-state index contributed by atoms with van der Waals surface area (Å²) in [5.41, 5.74) is 2.10. The van der Waals surface area contributed by atoms with Crippen molar-refractivity contribution in [3.8, 4) is 0 Å². The van der Waals surface area contributed by atoms with Gasteiger partial charge in [0.2, 0.25) is 5.91 Å². The Kier molecular flexibility index (Phi) is 5.65. The van der Waals surface area contributed by atoms with E-state index in [-0.39, 0.29) is 18.3 Å². The molecule has 0 aromatic heterocycles. The lowest BCUT2D eigenvalue weighted by molar-refractivity contribution is -0.117. The van der Waals surface area contributed by atoms with E-state index in [0.29, 0.717) is 12.3 Å². The highest BCUT2D eigenvalue weighted by atomic mass is 35.5. The molecule has 0 saturated heterocycles. The van der Waals surface area contributed by atoms with Gasteiger partial charge in [0, 0.05) is 18.7 Å². The number of halogens is 1. The topological polar surface area (TPSA) is 41.1 Å². The van der Waals surface area contributed by atoms with E-state index in [1.807, 2.05) is 25.2 Å². The first-order valence-corrected chi connectivity index (χ1v) is 7.78. The van der Waals surface area contributed by atoms with Crippen molar-refractivity contribution in [3.05, 3.63) is 29.8 Å². The van der Waals surface area contributed by atoms with Gasteiger partial charge in [-0.15, -0.1) is 12.4 Å². The van der Waals surface area contributed by atoms with E-state index in [4.69, 9.17) is 0 Å². The maximum absolute atomic E-state index is 12.3. The molecule has 2 saturated carbocycles. The molecular weight excluding hydrogens is 284 g/mol. The van der Waals surface area contributed by atoms with Crippen molar-refractivity contribution < 1.29 is 4.79 Å². The number of amides is 1. The van der Waals surface area contributed by atoms with Gasteiger partial charge in [-0.05, 0) is 55.7 Å². The summed E-state index contributed by atoms with van der Waals surface area (Å²) in [7, 11) is 1.92. The lowest BCUT2D eigenvalue weighted by Crippen LogP contribution is -2.21. The van der Waals surface area contributed by atoms with Crippen LogP contribution in [0.5, 0.6) is 0 Å². The molecule has 3 rings (SSSR count). The number of fused-ring (bicyclic) bond motifs is 2. The van der Waals surface area contributed by atoms with Gasteiger partial charge in [0.05, 0.1) is 0 Å². The van der Waals surface area contributed by atoms with Crippen LogP contribution in [0, 0.1) is 17.8 Å². The average Bonchev–Trinajstić information content (AvgIpc) is 3.03. The van der Waals surface area contributed by atoms with Crippen molar-refractivity contribution in [3.63, 3.8) is 0 Å². The molecule has 4 heteroatoms. The number of anilines is 1. The SMILES string of the molecule is CNCc1ccccc1NC(=O)CC1CC2CCC1C2.Cl. The zero-order valence-electron chi connectivity index (χ0n) is 12.6. The van der Waals surface area contributed by atoms with Crippen LogP contribution >= 0.6 is 12.4 Å². The van der Waals surface area contributed by atoms with Crippen LogP contribution in [-0.2, 0) is 11.3 Å². The van der Waals surface area contributed by atoms with E-state index in [0.717, 1.165) is 29.6 Å². The number of carbonyl (C=O) groups excluding carboxylic acids is 1. The molecule has 0 spiro atoms. The highest BCUT2D eigenvalue weighted by Crippen LogP contribution is 2.49. The van der Waals surface area contributed by atoms with E-state index in [2.05, 4.69) is 16.7 Å². The molecular formula is C17H25ClN2O. The molecule has 1 amide bonds. The number of benzene rings is 1. The summed E-state index contributed by atoms with van der Waals surface area (Å²) in [6.45, 7) is 0.782. The Morgan fingerprint density at radius 3 is 2.71 bits per heavy atom. The summed E-state index contributed by atoms with van der Waals surface area (Å²) >= 11 is 0. The molecule has 0 radical (unpaired) electrons. The normalized spacial score (nSPS) is 26.4. The van der Waals surface area contributed by atoms with Crippen molar-refractivity contribution in [1.29, 1.82) is 0 Å². The minimum atomic E-state index is 0. The monoisotopic (exact) mass is 308 g/mol. The van der Waals surface area contributed by atoms with E-state index < -0.39 is 0 Å². The van der Waals surface area contributed by atoms with Crippen LogP contribution in [0.4, 0.5) is 5.69 Å². The lowest BCUT2D eigenvalue weighted by Gasteiger charge is -2.21. The maximum Gasteiger partial charge on any atom is 0.224 e. The van der Waals surface area contributed by atoms with Crippen LogP contribution < -0.4 is 10.6 Å². The molecule has 3 atom stereocenters. The summed E-state index contributed by atoms with van der Waals surface area (Å²) in [4.78, 5) is 12.3. The average molecular weight is 309 g/mol. The molecule has 1 aromatic rings. The Morgan fingerprint density at radius 1 is 1.24 bits per heavy atom. The number of hydrogen-bond acceptors (Lipinski definition) is 2. The first-order valence-electron chi connectivity index (χ1n) is 7.78. The summed E-state index contributed by atoms with van der Waals surface area (Å²) < 4.78 is 0. The van der Waals surface area contributed by atoms with Crippen molar-refractivity contribution in [2.24, 2.45) is 17.8 Å². The van der Waals surface area contributed by atoms with Crippen LogP contribution in [-0.4, -0.2) is 13.0 Å². The highest BCUT2D eigenvalue weighted by molar-refractivity contribution is 5.91. The summed E-state index contributed by atoms with van der Waals surface area (Å²) in [5, 5.41) is 6.24. The molecule has 21 heavy (non-hydrogen) atoms. The number of nitrogens with one attached hydrogen (secondary N) is 2. The molecule has 2 N–H and O–H groups in total. The second-order valence-electron chi connectivity index (χ2n) is 6.37. The second kappa shape index (κ2) is 7.28. The largest absolute Gasteiger partial charge is 0.326 e. The minimum absolute atomic E-state index is 0. The van der Waals surface area contributed by atoms with Crippen LogP contribution in [0.2, 0.25) is 0 Å². The van der Waals surface area contributed by atoms with Crippen molar-refractivity contribution in [1.82, 2.24) is 5.32 Å². The van der Waals surface area contributed by atoms with E-state index in [1.165, 1.54) is 25.7 Å². The number of rotatable bonds is 5. The molecule has 2 aliphatic rings. The van der Waals surface area contributed by atoms with Crippen molar-refractivity contribution in [2.75, 3.05) is 12.4 Å². The van der Waals surface area contributed by atoms with Crippen LogP contribution in [0.3, 0.4) is 0 Å². The lowest BCUT2D eigenvalue weighted by atomic mass is 9.86. The zero-order chi connectivity index (χ0) is 13.9. The van der Waals surface area contributed by atoms with Gasteiger partial charge >= 0.3 is 0 Å². The Balaban J connectivity index is 0.00000161. The molecule has 3 nitrogen and oxygen atoms in total. The molecule has 3 unspecified atom stereocenters. The Morgan fingerprint density at radius 2 is 2.05 bits per heavy atom. The first-order chi connectivity index (χ1) is 9.76. The van der Waals surface area contributed by atoms with Gasteiger partial charge in [0.15, 0.2) is 0 Å². The fraction of sp³-hybridized carbons (Fsp3) is 0.588. The minimum Gasteiger partial charge on any atom is -0.326 e. The summed E-state index contributed by atoms with van der Waals surface area (Å²) in [6, 6.07) is 8.04. The van der Waals surface area contributed by atoms with Gasteiger partial charge in [-0.3, -0.25) is 4.79 Å². The first kappa shape index (κ1) is 16.3. The molecule has 2 fully saturated rings.